The Balaban J connectivity index is 2.20. The number of carbonyl (C=O) groups is 2. The molecule has 2 fully saturated rings. The molecule has 2 saturated carbocycles. The molecule has 0 aromatic rings. The zero-order valence-corrected chi connectivity index (χ0v) is 6.93. The van der Waals surface area contributed by atoms with Crippen molar-refractivity contribution in [3.63, 3.8) is 0 Å². The number of hydrogen-bond donors (Lipinski definition) is 3. The highest BCUT2D eigenvalue weighted by molar-refractivity contribution is 5.85. The first kappa shape index (κ1) is 8.50. The van der Waals surface area contributed by atoms with Gasteiger partial charge in [-0.05, 0) is 18.8 Å². The number of hydrogen-bond acceptors (Lipinski definition) is 3. The molecule has 2 rings (SSSR count). The summed E-state index contributed by atoms with van der Waals surface area (Å²) in [6.45, 7) is 0. The lowest BCUT2D eigenvalue weighted by molar-refractivity contribution is -0.145. The molecule has 13 heavy (non-hydrogen) atoms. The predicted molar refractivity (Wildman–Crippen MR) is 41.9 cm³/mol. The van der Waals surface area contributed by atoms with Crippen molar-refractivity contribution in [3.8, 4) is 0 Å². The number of fused-ring (bicyclic) bond motifs is 1. The van der Waals surface area contributed by atoms with E-state index in [1.54, 1.807) is 0 Å². The summed E-state index contributed by atoms with van der Waals surface area (Å²) in [5.41, 5.74) is 4.37. The minimum Gasteiger partial charge on any atom is -0.481 e. The van der Waals surface area contributed by atoms with E-state index in [-0.39, 0.29) is 11.8 Å². The molecule has 4 N–H and O–H groups in total. The van der Waals surface area contributed by atoms with Gasteiger partial charge in [0.05, 0.1) is 5.92 Å². The average Bonchev–Trinajstić information content (AvgIpc) is 2.66. The second-order valence-corrected chi connectivity index (χ2v) is 3.94. The summed E-state index contributed by atoms with van der Waals surface area (Å²) in [5, 5.41) is 17.6. The average molecular weight is 185 g/mol. The Morgan fingerprint density at radius 3 is 2.38 bits per heavy atom. The van der Waals surface area contributed by atoms with Crippen LogP contribution in [0.5, 0.6) is 0 Å². The summed E-state index contributed by atoms with van der Waals surface area (Å²) in [6.07, 6.45) is 1.03. The van der Waals surface area contributed by atoms with Crippen molar-refractivity contribution in [1.29, 1.82) is 0 Å². The van der Waals surface area contributed by atoms with E-state index >= 15 is 0 Å². The molecule has 4 atom stereocenters. The van der Waals surface area contributed by atoms with E-state index < -0.39 is 23.4 Å². The first-order valence-corrected chi connectivity index (χ1v) is 4.23. The van der Waals surface area contributed by atoms with Gasteiger partial charge in [0.2, 0.25) is 0 Å². The lowest BCUT2D eigenvalue weighted by Gasteiger charge is -2.20. The van der Waals surface area contributed by atoms with Crippen molar-refractivity contribution in [2.45, 2.75) is 18.4 Å². The number of carboxylic acid groups (broad SMARTS) is 2. The summed E-state index contributed by atoms with van der Waals surface area (Å²) in [5.74, 6) is -2.84. The van der Waals surface area contributed by atoms with E-state index in [1.165, 1.54) is 0 Å². The zero-order valence-electron chi connectivity index (χ0n) is 6.93. The maximum absolute atomic E-state index is 10.8. The lowest BCUT2D eigenvalue weighted by Crippen LogP contribution is -2.49. The molecular formula is C8H11NO4. The van der Waals surface area contributed by atoms with Gasteiger partial charge in [-0.1, -0.05) is 0 Å². The third-order valence-corrected chi connectivity index (χ3v) is 3.34. The van der Waals surface area contributed by atoms with Crippen LogP contribution in [0.3, 0.4) is 0 Å². The molecule has 0 heterocycles. The van der Waals surface area contributed by atoms with E-state index in [0.29, 0.717) is 12.8 Å². The van der Waals surface area contributed by atoms with Crippen LogP contribution in [0, 0.1) is 17.8 Å². The quantitative estimate of drug-likeness (QED) is 0.539. The number of aliphatic carboxylic acids is 2. The van der Waals surface area contributed by atoms with Gasteiger partial charge in [0.1, 0.15) is 5.54 Å². The van der Waals surface area contributed by atoms with Crippen LogP contribution in [0.25, 0.3) is 0 Å². The highest BCUT2D eigenvalue weighted by atomic mass is 16.4. The fraction of sp³-hybridized carbons (Fsp3) is 0.750. The van der Waals surface area contributed by atoms with Crippen LogP contribution >= 0.6 is 0 Å². The van der Waals surface area contributed by atoms with Crippen LogP contribution < -0.4 is 5.73 Å². The molecule has 2 aliphatic carbocycles. The summed E-state index contributed by atoms with van der Waals surface area (Å²) in [7, 11) is 0. The van der Waals surface area contributed by atoms with Gasteiger partial charge in [-0.3, -0.25) is 9.59 Å². The van der Waals surface area contributed by atoms with Gasteiger partial charge in [0.15, 0.2) is 0 Å². The number of carboxylic acids is 2. The summed E-state index contributed by atoms with van der Waals surface area (Å²) in [4.78, 5) is 21.4. The Kier molecular flexibility index (Phi) is 1.46. The van der Waals surface area contributed by atoms with Crippen molar-refractivity contribution in [1.82, 2.24) is 0 Å². The van der Waals surface area contributed by atoms with E-state index in [0.717, 1.165) is 0 Å². The second kappa shape index (κ2) is 2.23. The Bertz CT molecular complexity index is 290. The van der Waals surface area contributed by atoms with Gasteiger partial charge in [-0.2, -0.15) is 0 Å². The standard InChI is InChI=1S/C8H11NO4/c9-8(7(12)13)2-1-3-4(5(3)8)6(10)11/h3-5H,1-2,9H2,(H,10,11)(H,12,13)/t3-,4-,5?,8?/m0/s1. The third-order valence-electron chi connectivity index (χ3n) is 3.34. The minimum atomic E-state index is -1.28. The van der Waals surface area contributed by atoms with Gasteiger partial charge in [-0.25, -0.2) is 0 Å². The minimum absolute atomic E-state index is 0.00130. The molecule has 0 aliphatic heterocycles. The molecule has 0 aromatic heterocycles. The molecule has 0 spiro atoms. The molecule has 72 valence electrons. The Hall–Kier alpha value is -1.10. The van der Waals surface area contributed by atoms with Crippen LogP contribution in [-0.4, -0.2) is 27.7 Å². The lowest BCUT2D eigenvalue weighted by atomic mass is 9.92. The fourth-order valence-electron chi connectivity index (χ4n) is 2.59. The van der Waals surface area contributed by atoms with Crippen LogP contribution in [0.1, 0.15) is 12.8 Å². The maximum atomic E-state index is 10.8. The summed E-state index contributed by atoms with van der Waals surface area (Å²) < 4.78 is 0. The topological polar surface area (TPSA) is 101 Å². The van der Waals surface area contributed by atoms with Gasteiger partial charge in [0, 0.05) is 5.92 Å². The van der Waals surface area contributed by atoms with Crippen LogP contribution in [0.15, 0.2) is 0 Å². The van der Waals surface area contributed by atoms with Gasteiger partial charge < -0.3 is 15.9 Å². The smallest absolute Gasteiger partial charge is 0.324 e. The Morgan fingerprint density at radius 2 is 2.00 bits per heavy atom. The third kappa shape index (κ3) is 0.904. The number of rotatable bonds is 2. The van der Waals surface area contributed by atoms with Gasteiger partial charge >= 0.3 is 11.9 Å². The van der Waals surface area contributed by atoms with Crippen LogP contribution in [0.4, 0.5) is 0 Å². The van der Waals surface area contributed by atoms with Crippen molar-refractivity contribution < 1.29 is 19.8 Å². The van der Waals surface area contributed by atoms with Gasteiger partial charge in [0.25, 0.3) is 0 Å². The Morgan fingerprint density at radius 1 is 1.38 bits per heavy atom. The predicted octanol–water partition coefficient (Wildman–Crippen LogP) is -0.491. The van der Waals surface area contributed by atoms with Crippen molar-refractivity contribution in [2.24, 2.45) is 23.5 Å². The van der Waals surface area contributed by atoms with Crippen molar-refractivity contribution in [3.05, 3.63) is 0 Å². The highest BCUT2D eigenvalue weighted by Gasteiger charge is 2.69. The van der Waals surface area contributed by atoms with E-state index in [1.807, 2.05) is 0 Å². The van der Waals surface area contributed by atoms with Crippen molar-refractivity contribution in [2.75, 3.05) is 0 Å². The normalized spacial score (nSPS) is 47.0. The van der Waals surface area contributed by atoms with E-state index in [4.69, 9.17) is 15.9 Å². The molecule has 2 unspecified atom stereocenters. The summed E-state index contributed by atoms with van der Waals surface area (Å²) >= 11 is 0. The molecule has 0 bridgehead atoms. The SMILES string of the molecule is NC1(C(=O)O)CC[C@@H]2C1[C@H]2C(=O)O. The molecule has 0 amide bonds. The first-order chi connectivity index (χ1) is 5.98. The fourth-order valence-corrected chi connectivity index (χ4v) is 2.59. The first-order valence-electron chi connectivity index (χ1n) is 4.23. The summed E-state index contributed by atoms with van der Waals surface area (Å²) in [6, 6.07) is 0. The molecule has 0 radical (unpaired) electrons. The van der Waals surface area contributed by atoms with Gasteiger partial charge in [-0.15, -0.1) is 0 Å². The van der Waals surface area contributed by atoms with E-state index in [2.05, 4.69) is 0 Å². The van der Waals surface area contributed by atoms with Crippen molar-refractivity contribution >= 4 is 11.9 Å². The monoisotopic (exact) mass is 185 g/mol. The molecular weight excluding hydrogens is 174 g/mol. The van der Waals surface area contributed by atoms with Crippen LogP contribution in [-0.2, 0) is 9.59 Å². The largest absolute Gasteiger partial charge is 0.481 e. The molecule has 0 saturated heterocycles. The molecule has 5 nitrogen and oxygen atoms in total. The van der Waals surface area contributed by atoms with E-state index in [9.17, 15) is 9.59 Å². The maximum Gasteiger partial charge on any atom is 0.324 e. The Labute approximate surface area is 74.5 Å². The zero-order chi connectivity index (χ0) is 9.80. The van der Waals surface area contributed by atoms with Crippen LogP contribution in [0.2, 0.25) is 0 Å². The molecule has 2 aliphatic rings. The molecule has 0 aromatic carbocycles. The highest BCUT2D eigenvalue weighted by Crippen LogP contribution is 2.61. The number of nitrogens with two attached hydrogens (primary N) is 1. The second-order valence-electron chi connectivity index (χ2n) is 3.94. The molecule has 5 heteroatoms.